The van der Waals surface area contributed by atoms with Gasteiger partial charge in [-0.2, -0.15) is 0 Å². The molecule has 1 rings (SSSR count). The summed E-state index contributed by atoms with van der Waals surface area (Å²) in [4.78, 5) is 20.4. The monoisotopic (exact) mass is 538 g/mol. The molecule has 0 aliphatic heterocycles. The van der Waals surface area contributed by atoms with E-state index >= 15 is 0 Å². The number of nitrogens with one attached hydrogen (secondary N) is 2. The highest BCUT2D eigenvalue weighted by Gasteiger charge is 2.15. The molecule has 0 aliphatic carbocycles. The Hall–Kier alpha value is -1.09. The van der Waals surface area contributed by atoms with Gasteiger partial charge in [0.05, 0.1) is 0 Å². The third-order valence-electron chi connectivity index (χ3n) is 3.82. The first-order valence-electron chi connectivity index (χ1n) is 10.1. The van der Waals surface area contributed by atoms with Gasteiger partial charge in [-0.1, -0.05) is 30.5 Å². The van der Waals surface area contributed by atoms with Crippen LogP contribution in [0.2, 0.25) is 5.15 Å². The molecule has 0 saturated heterocycles. The van der Waals surface area contributed by atoms with Gasteiger partial charge in [0.1, 0.15) is 10.8 Å². The van der Waals surface area contributed by atoms with Crippen LogP contribution in [0, 0.1) is 0 Å². The summed E-state index contributed by atoms with van der Waals surface area (Å²) in [6.07, 6.45) is 7.09. The summed E-state index contributed by atoms with van der Waals surface area (Å²) in [6.45, 7) is 10.1. The summed E-state index contributed by atoms with van der Waals surface area (Å²) in [7, 11) is 0. The number of halogens is 2. The number of rotatable bonds is 11. The Morgan fingerprint density at radius 2 is 1.90 bits per heavy atom. The lowest BCUT2D eigenvalue weighted by atomic mass is 10.1. The molecule has 1 heterocycles. The third kappa shape index (κ3) is 15.4. The lowest BCUT2D eigenvalue weighted by Gasteiger charge is -2.19. The third-order valence-corrected chi connectivity index (χ3v) is 4.04. The minimum Gasteiger partial charge on any atom is -0.460 e. The number of guanidine groups is 1. The van der Waals surface area contributed by atoms with Gasteiger partial charge in [-0.05, 0) is 58.6 Å². The van der Waals surface area contributed by atoms with E-state index in [9.17, 15) is 4.79 Å². The standard InChI is InChI=1S/C21H35ClN4O2.HI/c1-5-23-20(25-15-13-17-11-12-18(22)26-16-17)24-14-9-7-6-8-10-19(27)28-21(2,3)4;/h11-12,16H,5-10,13-15H2,1-4H3,(H2,23,24,25);1H. The fraction of sp³-hybridized carbons (Fsp3) is 0.667. The van der Waals surface area contributed by atoms with Gasteiger partial charge in [0, 0.05) is 32.3 Å². The van der Waals surface area contributed by atoms with Crippen LogP contribution in [-0.2, 0) is 16.0 Å². The molecule has 6 nitrogen and oxygen atoms in total. The Morgan fingerprint density at radius 1 is 1.17 bits per heavy atom. The number of esters is 1. The Balaban J connectivity index is 0.00000784. The van der Waals surface area contributed by atoms with Crippen LogP contribution in [0.5, 0.6) is 0 Å². The van der Waals surface area contributed by atoms with Gasteiger partial charge in [-0.15, -0.1) is 24.0 Å². The van der Waals surface area contributed by atoms with E-state index in [4.69, 9.17) is 16.3 Å². The van der Waals surface area contributed by atoms with Gasteiger partial charge in [0.2, 0.25) is 0 Å². The minimum atomic E-state index is -0.397. The van der Waals surface area contributed by atoms with Crippen molar-refractivity contribution in [2.75, 3.05) is 19.6 Å². The quantitative estimate of drug-likeness (QED) is 0.106. The molecule has 0 unspecified atom stereocenters. The number of pyridine rings is 1. The number of aromatic nitrogens is 1. The molecular weight excluding hydrogens is 503 g/mol. The van der Waals surface area contributed by atoms with Crippen molar-refractivity contribution < 1.29 is 9.53 Å². The highest BCUT2D eigenvalue weighted by molar-refractivity contribution is 14.0. The van der Waals surface area contributed by atoms with E-state index < -0.39 is 5.60 Å². The first-order valence-corrected chi connectivity index (χ1v) is 10.5. The molecule has 29 heavy (non-hydrogen) atoms. The van der Waals surface area contributed by atoms with Gasteiger partial charge in [-0.3, -0.25) is 9.79 Å². The Bertz CT molecular complexity index is 604. The van der Waals surface area contributed by atoms with Gasteiger partial charge in [-0.25, -0.2) is 4.98 Å². The minimum absolute atomic E-state index is 0. The van der Waals surface area contributed by atoms with E-state index in [0.717, 1.165) is 63.3 Å². The molecule has 0 aliphatic rings. The number of unbranched alkanes of at least 4 members (excludes halogenated alkanes) is 3. The van der Waals surface area contributed by atoms with Crippen molar-refractivity contribution in [2.24, 2.45) is 4.99 Å². The number of carbonyl (C=O) groups excluding carboxylic acids is 1. The van der Waals surface area contributed by atoms with Gasteiger partial charge < -0.3 is 15.4 Å². The van der Waals surface area contributed by atoms with Crippen LogP contribution in [0.4, 0.5) is 0 Å². The SMILES string of the molecule is CCNC(=NCCCCCCC(=O)OC(C)(C)C)NCCc1ccc(Cl)nc1.I. The molecule has 0 amide bonds. The van der Waals surface area contributed by atoms with Crippen LogP contribution in [-0.4, -0.2) is 42.1 Å². The Kier molecular flexibility index (Phi) is 15.1. The molecule has 2 N–H and O–H groups in total. The topological polar surface area (TPSA) is 75.6 Å². The lowest BCUT2D eigenvalue weighted by molar-refractivity contribution is -0.154. The fourth-order valence-corrected chi connectivity index (χ4v) is 2.65. The lowest BCUT2D eigenvalue weighted by Crippen LogP contribution is -2.38. The molecule has 1 aromatic rings. The van der Waals surface area contributed by atoms with Crippen molar-refractivity contribution in [3.05, 3.63) is 29.0 Å². The second-order valence-electron chi connectivity index (χ2n) is 7.68. The maximum absolute atomic E-state index is 11.7. The second kappa shape index (κ2) is 15.7. The highest BCUT2D eigenvalue weighted by atomic mass is 127. The van der Waals surface area contributed by atoms with Gasteiger partial charge in [0.25, 0.3) is 0 Å². The van der Waals surface area contributed by atoms with Crippen molar-refractivity contribution in [1.29, 1.82) is 0 Å². The van der Waals surface area contributed by atoms with Crippen LogP contribution in [0.1, 0.15) is 65.4 Å². The molecule has 0 radical (unpaired) electrons. The molecule has 1 aromatic heterocycles. The number of aliphatic imine (C=N–C) groups is 1. The van der Waals surface area contributed by atoms with Gasteiger partial charge in [0.15, 0.2) is 5.96 Å². The number of hydrogen-bond donors (Lipinski definition) is 2. The summed E-state index contributed by atoms with van der Waals surface area (Å²) in [5, 5.41) is 7.11. The first-order chi connectivity index (χ1) is 13.3. The summed E-state index contributed by atoms with van der Waals surface area (Å²) < 4.78 is 5.31. The maximum Gasteiger partial charge on any atom is 0.306 e. The van der Waals surface area contributed by atoms with Crippen LogP contribution >= 0.6 is 35.6 Å². The molecule has 0 spiro atoms. The molecule has 8 heteroatoms. The van der Waals surface area contributed by atoms with Crippen LogP contribution < -0.4 is 10.6 Å². The average Bonchev–Trinajstić information content (AvgIpc) is 2.61. The fourth-order valence-electron chi connectivity index (χ4n) is 2.54. The van der Waals surface area contributed by atoms with Crippen LogP contribution in [0.15, 0.2) is 23.3 Å². The number of hydrogen-bond acceptors (Lipinski definition) is 4. The summed E-state index contributed by atoms with van der Waals surface area (Å²) in [5.41, 5.74) is 0.740. The van der Waals surface area contributed by atoms with Crippen LogP contribution in [0.25, 0.3) is 0 Å². The van der Waals surface area contributed by atoms with Crippen molar-refractivity contribution in [1.82, 2.24) is 15.6 Å². The number of carbonyl (C=O) groups is 1. The summed E-state index contributed by atoms with van der Waals surface area (Å²) >= 11 is 5.80. The predicted molar refractivity (Wildman–Crippen MR) is 131 cm³/mol. The molecule has 166 valence electrons. The van der Waals surface area contributed by atoms with Crippen LogP contribution in [0.3, 0.4) is 0 Å². The number of nitrogens with zero attached hydrogens (tertiary/aromatic N) is 2. The smallest absolute Gasteiger partial charge is 0.306 e. The molecule has 0 bridgehead atoms. The zero-order chi connectivity index (χ0) is 20.8. The van der Waals surface area contributed by atoms with Gasteiger partial charge >= 0.3 is 5.97 Å². The molecule has 0 fully saturated rings. The first kappa shape index (κ1) is 27.9. The van der Waals surface area contributed by atoms with Crippen molar-refractivity contribution in [3.8, 4) is 0 Å². The summed E-state index contributed by atoms with van der Waals surface area (Å²) in [5.74, 6) is 0.721. The predicted octanol–water partition coefficient (Wildman–Crippen LogP) is 4.74. The van der Waals surface area contributed by atoms with Crippen molar-refractivity contribution in [2.45, 2.75) is 71.8 Å². The largest absolute Gasteiger partial charge is 0.460 e. The zero-order valence-corrected chi connectivity index (χ0v) is 21.2. The molecule has 0 atom stereocenters. The molecule has 0 saturated carbocycles. The summed E-state index contributed by atoms with van der Waals surface area (Å²) in [6, 6.07) is 3.79. The molecular formula is C21H36ClIN4O2. The Morgan fingerprint density at radius 3 is 2.52 bits per heavy atom. The number of ether oxygens (including phenoxy) is 1. The van der Waals surface area contributed by atoms with Crippen molar-refractivity contribution >= 4 is 47.5 Å². The zero-order valence-electron chi connectivity index (χ0n) is 18.1. The molecule has 0 aromatic carbocycles. The van der Waals surface area contributed by atoms with E-state index in [-0.39, 0.29) is 29.9 Å². The van der Waals surface area contributed by atoms with E-state index in [1.54, 1.807) is 12.3 Å². The van der Waals surface area contributed by atoms with E-state index in [1.807, 2.05) is 26.8 Å². The highest BCUT2D eigenvalue weighted by Crippen LogP contribution is 2.11. The van der Waals surface area contributed by atoms with E-state index in [0.29, 0.717) is 11.6 Å². The average molecular weight is 539 g/mol. The van der Waals surface area contributed by atoms with Crippen molar-refractivity contribution in [3.63, 3.8) is 0 Å². The second-order valence-corrected chi connectivity index (χ2v) is 8.06. The van der Waals surface area contributed by atoms with E-state index in [1.165, 1.54) is 0 Å². The Labute approximate surface area is 197 Å². The normalized spacial score (nSPS) is 11.6. The maximum atomic E-state index is 11.7. The van der Waals surface area contributed by atoms with E-state index in [2.05, 4.69) is 27.5 Å².